The molecule has 4 nitrogen and oxygen atoms in total. The number of nitrogens with zero attached hydrogens (tertiary/aromatic N) is 3. The van der Waals surface area contributed by atoms with Gasteiger partial charge in [0, 0.05) is 6.07 Å². The molecular weight excluding hydrogens is 226 g/mol. The van der Waals surface area contributed by atoms with Crippen LogP contribution in [0.1, 0.15) is 5.56 Å². The molecule has 0 saturated heterocycles. The van der Waals surface area contributed by atoms with Crippen molar-refractivity contribution in [3.05, 3.63) is 47.1 Å². The fourth-order valence-corrected chi connectivity index (χ4v) is 1.21. The van der Waals surface area contributed by atoms with Crippen LogP contribution < -0.4 is 4.74 Å². The van der Waals surface area contributed by atoms with Gasteiger partial charge < -0.3 is 4.74 Å². The summed E-state index contributed by atoms with van der Waals surface area (Å²) in [6, 6.07) is 12.0. The van der Waals surface area contributed by atoms with Crippen molar-refractivity contribution >= 4 is 11.6 Å². The minimum absolute atomic E-state index is 0.304. The maximum atomic E-state index is 8.71. The molecule has 0 amide bonds. The van der Waals surface area contributed by atoms with E-state index in [2.05, 4.69) is 10.2 Å². The third kappa shape index (κ3) is 2.47. The Balaban J connectivity index is 2.21. The minimum Gasteiger partial charge on any atom is -0.437 e. The second-order valence-corrected chi connectivity index (χ2v) is 3.32. The third-order valence-corrected chi connectivity index (χ3v) is 1.99. The molecule has 5 heteroatoms. The summed E-state index contributed by atoms with van der Waals surface area (Å²) in [6.45, 7) is 0. The van der Waals surface area contributed by atoms with E-state index in [1.807, 2.05) is 6.07 Å². The average Bonchev–Trinajstić information content (AvgIpc) is 2.32. The summed E-state index contributed by atoms with van der Waals surface area (Å²) in [7, 11) is 0. The van der Waals surface area contributed by atoms with Crippen LogP contribution in [0.5, 0.6) is 11.6 Å². The first kappa shape index (κ1) is 10.4. The Morgan fingerprint density at radius 1 is 1.19 bits per heavy atom. The topological polar surface area (TPSA) is 58.8 Å². The molecule has 0 aliphatic carbocycles. The van der Waals surface area contributed by atoms with Crippen molar-refractivity contribution in [2.45, 2.75) is 0 Å². The Bertz CT molecular complexity index is 534. The van der Waals surface area contributed by atoms with Gasteiger partial charge in [0.1, 0.15) is 5.75 Å². The molecule has 1 aromatic heterocycles. The zero-order valence-corrected chi connectivity index (χ0v) is 8.85. The molecule has 0 spiro atoms. The second kappa shape index (κ2) is 4.60. The predicted octanol–water partition coefficient (Wildman–Crippen LogP) is 2.79. The standard InChI is InChI=1S/C11H6ClN3O/c12-10-4-5-11(15-14-10)16-9-3-1-2-8(6-9)7-13/h1-6H. The third-order valence-electron chi connectivity index (χ3n) is 1.79. The monoisotopic (exact) mass is 231 g/mol. The Labute approximate surface area is 97.1 Å². The van der Waals surface area contributed by atoms with Crippen LogP contribution in [0.4, 0.5) is 0 Å². The van der Waals surface area contributed by atoms with Crippen molar-refractivity contribution in [1.82, 2.24) is 10.2 Å². The maximum absolute atomic E-state index is 8.71. The van der Waals surface area contributed by atoms with Crippen LogP contribution in [-0.4, -0.2) is 10.2 Å². The Hall–Kier alpha value is -2.12. The maximum Gasteiger partial charge on any atom is 0.238 e. The molecule has 0 fully saturated rings. The lowest BCUT2D eigenvalue weighted by atomic mass is 10.2. The number of nitriles is 1. The van der Waals surface area contributed by atoms with Gasteiger partial charge in [0.2, 0.25) is 5.88 Å². The molecular formula is C11H6ClN3O. The Kier molecular flexibility index (Phi) is 2.99. The zero-order valence-electron chi connectivity index (χ0n) is 8.09. The molecule has 0 N–H and O–H groups in total. The van der Waals surface area contributed by atoms with Crippen molar-refractivity contribution in [2.75, 3.05) is 0 Å². The van der Waals surface area contributed by atoms with Crippen LogP contribution in [-0.2, 0) is 0 Å². The van der Waals surface area contributed by atoms with Gasteiger partial charge in [0.05, 0.1) is 11.6 Å². The summed E-state index contributed by atoms with van der Waals surface area (Å²) in [4.78, 5) is 0. The average molecular weight is 232 g/mol. The highest BCUT2D eigenvalue weighted by atomic mass is 35.5. The van der Waals surface area contributed by atoms with Crippen LogP contribution >= 0.6 is 11.6 Å². The van der Waals surface area contributed by atoms with E-state index in [1.165, 1.54) is 0 Å². The highest BCUT2D eigenvalue weighted by Gasteiger charge is 2.00. The molecule has 0 radical (unpaired) electrons. The highest BCUT2D eigenvalue weighted by molar-refractivity contribution is 6.29. The van der Waals surface area contributed by atoms with Gasteiger partial charge in [-0.05, 0) is 24.3 Å². The van der Waals surface area contributed by atoms with E-state index in [0.717, 1.165) is 0 Å². The van der Waals surface area contributed by atoms with Gasteiger partial charge in [0.15, 0.2) is 5.15 Å². The SMILES string of the molecule is N#Cc1cccc(Oc2ccc(Cl)nn2)c1. The van der Waals surface area contributed by atoms with Gasteiger partial charge >= 0.3 is 0 Å². The molecule has 78 valence electrons. The van der Waals surface area contributed by atoms with Gasteiger partial charge in [-0.15, -0.1) is 10.2 Å². The number of aromatic nitrogens is 2. The molecule has 2 rings (SSSR count). The molecule has 2 aromatic rings. The number of halogens is 1. The second-order valence-electron chi connectivity index (χ2n) is 2.94. The quantitative estimate of drug-likeness (QED) is 0.797. The van der Waals surface area contributed by atoms with Crippen molar-refractivity contribution in [2.24, 2.45) is 0 Å². The van der Waals surface area contributed by atoms with Gasteiger partial charge in [-0.1, -0.05) is 17.7 Å². The van der Waals surface area contributed by atoms with Crippen LogP contribution in [0.3, 0.4) is 0 Å². The lowest BCUT2D eigenvalue weighted by molar-refractivity contribution is 0.455. The first-order valence-corrected chi connectivity index (χ1v) is 4.83. The number of rotatable bonds is 2. The van der Waals surface area contributed by atoms with Gasteiger partial charge in [-0.2, -0.15) is 5.26 Å². The van der Waals surface area contributed by atoms with Crippen LogP contribution in [0.15, 0.2) is 36.4 Å². The summed E-state index contributed by atoms with van der Waals surface area (Å²) in [5.41, 5.74) is 0.527. The molecule has 0 bridgehead atoms. The van der Waals surface area contributed by atoms with Gasteiger partial charge in [-0.25, -0.2) is 0 Å². The first-order valence-electron chi connectivity index (χ1n) is 4.45. The lowest BCUT2D eigenvalue weighted by Crippen LogP contribution is -1.90. The van der Waals surface area contributed by atoms with Crippen molar-refractivity contribution in [1.29, 1.82) is 5.26 Å². The summed E-state index contributed by atoms with van der Waals surface area (Å²) in [5, 5.41) is 16.4. The number of hydrogen-bond acceptors (Lipinski definition) is 4. The summed E-state index contributed by atoms with van der Waals surface area (Å²) < 4.78 is 5.39. The van der Waals surface area contributed by atoms with E-state index in [1.54, 1.807) is 36.4 Å². The molecule has 1 aromatic carbocycles. The fraction of sp³-hybridized carbons (Fsp3) is 0. The lowest BCUT2D eigenvalue weighted by Gasteiger charge is -2.03. The molecule has 0 saturated carbocycles. The summed E-state index contributed by atoms with van der Waals surface area (Å²) in [6.07, 6.45) is 0. The smallest absolute Gasteiger partial charge is 0.238 e. The fourth-order valence-electron chi connectivity index (χ4n) is 1.11. The first-order chi connectivity index (χ1) is 7.78. The summed E-state index contributed by atoms with van der Waals surface area (Å²) >= 11 is 5.59. The summed E-state index contributed by atoms with van der Waals surface area (Å²) in [5.74, 6) is 0.871. The molecule has 0 atom stereocenters. The van der Waals surface area contributed by atoms with Crippen LogP contribution in [0, 0.1) is 11.3 Å². The van der Waals surface area contributed by atoms with E-state index >= 15 is 0 Å². The predicted molar refractivity (Wildman–Crippen MR) is 58.3 cm³/mol. The number of benzene rings is 1. The molecule has 0 aliphatic rings. The van der Waals surface area contributed by atoms with Crippen molar-refractivity contribution in [3.63, 3.8) is 0 Å². The zero-order chi connectivity index (χ0) is 11.4. The molecule has 0 aliphatic heterocycles. The number of hydrogen-bond donors (Lipinski definition) is 0. The van der Waals surface area contributed by atoms with Gasteiger partial charge in [-0.3, -0.25) is 0 Å². The van der Waals surface area contributed by atoms with E-state index in [0.29, 0.717) is 22.3 Å². The van der Waals surface area contributed by atoms with Gasteiger partial charge in [0.25, 0.3) is 0 Å². The van der Waals surface area contributed by atoms with E-state index in [-0.39, 0.29) is 0 Å². The number of ether oxygens (including phenoxy) is 1. The van der Waals surface area contributed by atoms with Crippen LogP contribution in [0.2, 0.25) is 5.15 Å². The highest BCUT2D eigenvalue weighted by Crippen LogP contribution is 2.20. The Morgan fingerprint density at radius 3 is 2.75 bits per heavy atom. The molecule has 0 unspecified atom stereocenters. The van der Waals surface area contributed by atoms with Crippen LogP contribution in [0.25, 0.3) is 0 Å². The van der Waals surface area contributed by atoms with Crippen molar-refractivity contribution < 1.29 is 4.74 Å². The van der Waals surface area contributed by atoms with E-state index in [4.69, 9.17) is 21.6 Å². The minimum atomic E-state index is 0.304. The molecule has 1 heterocycles. The van der Waals surface area contributed by atoms with E-state index in [9.17, 15) is 0 Å². The normalized spacial score (nSPS) is 9.50. The van der Waals surface area contributed by atoms with Crippen molar-refractivity contribution in [3.8, 4) is 17.7 Å². The molecule has 16 heavy (non-hydrogen) atoms. The van der Waals surface area contributed by atoms with E-state index < -0.39 is 0 Å². The Morgan fingerprint density at radius 2 is 2.06 bits per heavy atom. The largest absolute Gasteiger partial charge is 0.437 e.